The van der Waals surface area contributed by atoms with Crippen molar-refractivity contribution >= 4 is 0 Å². The number of halogens is 2. The number of alkyl halides is 2. The van der Waals surface area contributed by atoms with E-state index in [1.807, 2.05) is 0 Å². The summed E-state index contributed by atoms with van der Waals surface area (Å²) >= 11 is 0. The molecule has 13 heavy (non-hydrogen) atoms. The normalized spacial score (nSPS) is 13.0. The van der Waals surface area contributed by atoms with Gasteiger partial charge in [0.15, 0.2) is 6.10 Å². The molecule has 3 nitrogen and oxygen atoms in total. The first kappa shape index (κ1) is 9.85. The van der Waals surface area contributed by atoms with Crippen LogP contribution in [0.1, 0.15) is 11.8 Å². The second-order valence-electron chi connectivity index (χ2n) is 2.40. The topological polar surface area (TPSA) is 42.4 Å². The minimum atomic E-state index is -2.82. The lowest BCUT2D eigenvalue weighted by atomic mass is 10.2. The molecule has 0 aliphatic carbocycles. The van der Waals surface area contributed by atoms with Gasteiger partial charge < -0.3 is 9.84 Å². The highest BCUT2D eigenvalue weighted by Crippen LogP contribution is 2.19. The molecule has 0 aromatic carbocycles. The highest BCUT2D eigenvalue weighted by atomic mass is 19.3. The van der Waals surface area contributed by atoms with Crippen LogP contribution in [0.4, 0.5) is 8.78 Å². The lowest BCUT2D eigenvalue weighted by Crippen LogP contribution is -2.09. The van der Waals surface area contributed by atoms with Crippen molar-refractivity contribution in [2.24, 2.45) is 0 Å². The van der Waals surface area contributed by atoms with E-state index in [-0.39, 0.29) is 5.69 Å². The SMILES string of the molecule is COc1ccc(C(O)C(F)F)nc1. The van der Waals surface area contributed by atoms with Crippen LogP contribution >= 0.6 is 0 Å². The number of aliphatic hydroxyl groups is 1. The molecule has 1 aromatic rings. The van der Waals surface area contributed by atoms with Gasteiger partial charge in [0, 0.05) is 0 Å². The van der Waals surface area contributed by atoms with E-state index in [0.29, 0.717) is 5.75 Å². The van der Waals surface area contributed by atoms with E-state index in [4.69, 9.17) is 9.84 Å². The zero-order valence-electron chi connectivity index (χ0n) is 6.95. The zero-order chi connectivity index (χ0) is 9.84. The van der Waals surface area contributed by atoms with Crippen LogP contribution in [-0.2, 0) is 0 Å². The van der Waals surface area contributed by atoms with Gasteiger partial charge in [-0.3, -0.25) is 4.98 Å². The van der Waals surface area contributed by atoms with E-state index >= 15 is 0 Å². The van der Waals surface area contributed by atoms with Crippen molar-refractivity contribution in [1.29, 1.82) is 0 Å². The monoisotopic (exact) mass is 189 g/mol. The fourth-order valence-corrected chi connectivity index (χ4v) is 0.817. The summed E-state index contributed by atoms with van der Waals surface area (Å²) in [6, 6.07) is 2.77. The van der Waals surface area contributed by atoms with Crippen LogP contribution in [0.25, 0.3) is 0 Å². The van der Waals surface area contributed by atoms with Gasteiger partial charge in [0.1, 0.15) is 5.75 Å². The first-order valence-electron chi connectivity index (χ1n) is 3.61. The van der Waals surface area contributed by atoms with Crippen molar-refractivity contribution in [1.82, 2.24) is 4.98 Å². The Labute approximate surface area is 74.0 Å². The molecular formula is C8H9F2NO2. The molecular weight excluding hydrogens is 180 g/mol. The van der Waals surface area contributed by atoms with Gasteiger partial charge in [0.05, 0.1) is 19.0 Å². The highest BCUT2D eigenvalue weighted by molar-refractivity contribution is 5.20. The van der Waals surface area contributed by atoms with Gasteiger partial charge >= 0.3 is 0 Å². The Balaban J connectivity index is 2.79. The Morgan fingerprint density at radius 1 is 1.46 bits per heavy atom. The Bertz CT molecular complexity index is 263. The number of ether oxygens (including phenoxy) is 1. The molecule has 1 unspecified atom stereocenters. The third-order valence-electron chi connectivity index (χ3n) is 1.54. The van der Waals surface area contributed by atoms with Crippen molar-refractivity contribution in [2.75, 3.05) is 7.11 Å². The summed E-state index contributed by atoms with van der Waals surface area (Å²) in [4.78, 5) is 3.62. The second-order valence-corrected chi connectivity index (χ2v) is 2.40. The molecule has 1 rings (SSSR count). The number of rotatable bonds is 3. The molecule has 1 atom stereocenters. The minimum absolute atomic E-state index is 0.0594. The van der Waals surface area contributed by atoms with E-state index in [0.717, 1.165) is 0 Å². The predicted octanol–water partition coefficient (Wildman–Crippen LogP) is 1.39. The number of hydrogen-bond donors (Lipinski definition) is 1. The maximum Gasteiger partial charge on any atom is 0.269 e. The lowest BCUT2D eigenvalue weighted by molar-refractivity contribution is -0.00824. The van der Waals surface area contributed by atoms with E-state index in [1.165, 1.54) is 25.4 Å². The Morgan fingerprint density at radius 3 is 2.54 bits per heavy atom. The maximum absolute atomic E-state index is 12.0. The molecule has 1 heterocycles. The smallest absolute Gasteiger partial charge is 0.269 e. The van der Waals surface area contributed by atoms with Crippen molar-refractivity contribution in [3.05, 3.63) is 24.0 Å². The molecule has 72 valence electrons. The Morgan fingerprint density at radius 2 is 2.15 bits per heavy atom. The van der Waals surface area contributed by atoms with Gasteiger partial charge in [-0.25, -0.2) is 8.78 Å². The molecule has 5 heteroatoms. The van der Waals surface area contributed by atoms with Gasteiger partial charge in [0.25, 0.3) is 6.43 Å². The summed E-state index contributed by atoms with van der Waals surface area (Å²) in [5, 5.41) is 8.91. The van der Waals surface area contributed by atoms with Crippen molar-refractivity contribution in [3.8, 4) is 5.75 Å². The molecule has 0 amide bonds. The molecule has 0 saturated carbocycles. The largest absolute Gasteiger partial charge is 0.495 e. The van der Waals surface area contributed by atoms with E-state index in [2.05, 4.69) is 4.98 Å². The van der Waals surface area contributed by atoms with Crippen LogP contribution in [-0.4, -0.2) is 23.6 Å². The van der Waals surface area contributed by atoms with Gasteiger partial charge in [-0.15, -0.1) is 0 Å². The summed E-state index contributed by atoms with van der Waals surface area (Å²) in [5.74, 6) is 0.463. The van der Waals surface area contributed by atoms with Crippen LogP contribution in [0.2, 0.25) is 0 Å². The summed E-state index contributed by atoms with van der Waals surface area (Å²) in [6.45, 7) is 0. The van der Waals surface area contributed by atoms with Crippen LogP contribution in [0.5, 0.6) is 5.75 Å². The van der Waals surface area contributed by atoms with Crippen molar-refractivity contribution < 1.29 is 18.6 Å². The Hall–Kier alpha value is -1.23. The van der Waals surface area contributed by atoms with Crippen LogP contribution in [0, 0.1) is 0 Å². The van der Waals surface area contributed by atoms with Crippen molar-refractivity contribution in [3.63, 3.8) is 0 Å². The number of pyridine rings is 1. The molecule has 0 bridgehead atoms. The maximum atomic E-state index is 12.0. The first-order chi connectivity index (χ1) is 6.15. The first-order valence-corrected chi connectivity index (χ1v) is 3.61. The Kier molecular flexibility index (Phi) is 3.13. The van der Waals surface area contributed by atoms with Gasteiger partial charge in [-0.2, -0.15) is 0 Å². The van der Waals surface area contributed by atoms with Gasteiger partial charge in [0.2, 0.25) is 0 Å². The molecule has 0 saturated heterocycles. The average molecular weight is 189 g/mol. The number of aromatic nitrogens is 1. The summed E-state index contributed by atoms with van der Waals surface area (Å²) in [6.07, 6.45) is -3.37. The molecule has 1 N–H and O–H groups in total. The molecule has 1 aromatic heterocycles. The van der Waals surface area contributed by atoms with Gasteiger partial charge in [-0.05, 0) is 12.1 Å². The fraction of sp³-hybridized carbons (Fsp3) is 0.375. The third kappa shape index (κ3) is 2.35. The van der Waals surface area contributed by atoms with E-state index in [9.17, 15) is 8.78 Å². The summed E-state index contributed by atoms with van der Waals surface area (Å²) in [5.41, 5.74) is -0.0594. The standard InChI is InChI=1S/C8H9F2NO2/c1-13-5-2-3-6(11-4-5)7(12)8(9)10/h2-4,7-8,12H,1H3. The number of methoxy groups -OCH3 is 1. The predicted molar refractivity (Wildman–Crippen MR) is 41.8 cm³/mol. The molecule has 0 radical (unpaired) electrons. The van der Waals surface area contributed by atoms with Crippen molar-refractivity contribution in [2.45, 2.75) is 12.5 Å². The fourth-order valence-electron chi connectivity index (χ4n) is 0.817. The number of hydrogen-bond acceptors (Lipinski definition) is 3. The molecule has 0 spiro atoms. The van der Waals surface area contributed by atoms with Crippen LogP contribution in [0.15, 0.2) is 18.3 Å². The minimum Gasteiger partial charge on any atom is -0.495 e. The number of nitrogens with zero attached hydrogens (tertiary/aromatic N) is 1. The number of aliphatic hydroxyl groups excluding tert-OH is 1. The molecule has 0 fully saturated rings. The van der Waals surface area contributed by atoms with Gasteiger partial charge in [-0.1, -0.05) is 0 Å². The average Bonchev–Trinajstić information content (AvgIpc) is 2.17. The van der Waals surface area contributed by atoms with E-state index in [1.54, 1.807) is 0 Å². The van der Waals surface area contributed by atoms with Crippen LogP contribution in [0.3, 0.4) is 0 Å². The summed E-state index contributed by atoms with van der Waals surface area (Å²) in [7, 11) is 1.44. The molecule has 0 aliphatic heterocycles. The van der Waals surface area contributed by atoms with E-state index < -0.39 is 12.5 Å². The third-order valence-corrected chi connectivity index (χ3v) is 1.54. The zero-order valence-corrected chi connectivity index (χ0v) is 6.95. The quantitative estimate of drug-likeness (QED) is 0.781. The second kappa shape index (κ2) is 4.13. The van der Waals surface area contributed by atoms with Crippen LogP contribution < -0.4 is 4.74 Å². The lowest BCUT2D eigenvalue weighted by Gasteiger charge is -2.08. The highest BCUT2D eigenvalue weighted by Gasteiger charge is 2.19. The summed E-state index contributed by atoms with van der Waals surface area (Å²) < 4.78 is 28.7. The molecule has 0 aliphatic rings.